The second kappa shape index (κ2) is 6.95. The number of hydrogen-bond acceptors (Lipinski definition) is 4. The summed E-state index contributed by atoms with van der Waals surface area (Å²) in [7, 11) is 0. The number of amidine groups is 1. The molecule has 0 amide bonds. The SMILES string of the molecule is CC(C)CC(C)(O)CNCCC(C)(C)C(N)=NO. The van der Waals surface area contributed by atoms with E-state index in [9.17, 15) is 5.11 Å². The van der Waals surface area contributed by atoms with Gasteiger partial charge in [-0.2, -0.15) is 0 Å². The lowest BCUT2D eigenvalue weighted by atomic mass is 9.88. The van der Waals surface area contributed by atoms with Gasteiger partial charge < -0.3 is 21.4 Å². The molecule has 0 aromatic heterocycles. The lowest BCUT2D eigenvalue weighted by molar-refractivity contribution is 0.0383. The van der Waals surface area contributed by atoms with Crippen molar-refractivity contribution in [1.82, 2.24) is 5.32 Å². The molecule has 1 atom stereocenters. The minimum atomic E-state index is -0.686. The molecule has 108 valence electrons. The molecule has 0 bridgehead atoms. The normalized spacial score (nSPS) is 16.9. The van der Waals surface area contributed by atoms with E-state index in [0.717, 1.165) is 19.4 Å². The molecule has 18 heavy (non-hydrogen) atoms. The number of hydrogen-bond donors (Lipinski definition) is 4. The zero-order valence-electron chi connectivity index (χ0n) is 12.3. The fourth-order valence-corrected chi connectivity index (χ4v) is 1.97. The van der Waals surface area contributed by atoms with Gasteiger partial charge in [0.15, 0.2) is 0 Å². The van der Waals surface area contributed by atoms with E-state index in [4.69, 9.17) is 10.9 Å². The first-order valence-corrected chi connectivity index (χ1v) is 6.52. The Bertz CT molecular complexity index is 273. The molecule has 0 aromatic carbocycles. The van der Waals surface area contributed by atoms with E-state index in [1.54, 1.807) is 0 Å². The van der Waals surface area contributed by atoms with Gasteiger partial charge in [0.2, 0.25) is 0 Å². The molecule has 5 heteroatoms. The summed E-state index contributed by atoms with van der Waals surface area (Å²) >= 11 is 0. The van der Waals surface area contributed by atoms with Gasteiger partial charge in [-0.25, -0.2) is 0 Å². The molecule has 0 rings (SSSR count). The zero-order chi connectivity index (χ0) is 14.4. The predicted octanol–water partition coefficient (Wildman–Crippen LogP) is 1.54. The average molecular weight is 259 g/mol. The van der Waals surface area contributed by atoms with Crippen LogP contribution in [0.5, 0.6) is 0 Å². The highest BCUT2D eigenvalue weighted by atomic mass is 16.4. The lowest BCUT2D eigenvalue weighted by Crippen LogP contribution is -2.41. The second-order valence-electron chi connectivity index (χ2n) is 6.39. The van der Waals surface area contributed by atoms with Gasteiger partial charge in [0.05, 0.1) is 5.60 Å². The monoisotopic (exact) mass is 259 g/mol. The molecule has 0 radical (unpaired) electrons. The topological polar surface area (TPSA) is 90.9 Å². The Morgan fingerprint density at radius 1 is 1.33 bits per heavy atom. The number of oxime groups is 1. The predicted molar refractivity (Wildman–Crippen MR) is 74.8 cm³/mol. The molecule has 0 saturated carbocycles. The van der Waals surface area contributed by atoms with E-state index in [1.165, 1.54) is 0 Å². The molecule has 0 spiro atoms. The van der Waals surface area contributed by atoms with Crippen molar-refractivity contribution in [3.8, 4) is 0 Å². The summed E-state index contributed by atoms with van der Waals surface area (Å²) < 4.78 is 0. The van der Waals surface area contributed by atoms with Crippen LogP contribution in [0, 0.1) is 11.3 Å². The third-order valence-corrected chi connectivity index (χ3v) is 3.08. The van der Waals surface area contributed by atoms with E-state index in [1.807, 2.05) is 20.8 Å². The van der Waals surface area contributed by atoms with Crippen molar-refractivity contribution in [2.75, 3.05) is 13.1 Å². The average Bonchev–Trinajstić information content (AvgIpc) is 2.21. The quantitative estimate of drug-likeness (QED) is 0.175. The van der Waals surface area contributed by atoms with Crippen LogP contribution in [0.1, 0.15) is 47.5 Å². The number of rotatable bonds is 8. The van der Waals surface area contributed by atoms with Crippen molar-refractivity contribution < 1.29 is 10.3 Å². The summed E-state index contributed by atoms with van der Waals surface area (Å²) in [6.07, 6.45) is 1.52. The van der Waals surface area contributed by atoms with Crippen LogP contribution in [0.15, 0.2) is 5.16 Å². The maximum atomic E-state index is 10.1. The van der Waals surface area contributed by atoms with Gasteiger partial charge in [-0.1, -0.05) is 32.9 Å². The third-order valence-electron chi connectivity index (χ3n) is 3.08. The molecule has 0 saturated heterocycles. The van der Waals surface area contributed by atoms with Crippen molar-refractivity contribution in [1.29, 1.82) is 0 Å². The molecular weight excluding hydrogens is 230 g/mol. The fraction of sp³-hybridized carbons (Fsp3) is 0.923. The Hall–Kier alpha value is -0.810. The van der Waals surface area contributed by atoms with Crippen LogP contribution in [0.4, 0.5) is 0 Å². The van der Waals surface area contributed by atoms with E-state index in [2.05, 4.69) is 24.3 Å². The van der Waals surface area contributed by atoms with Crippen LogP contribution in [-0.4, -0.2) is 34.8 Å². The first-order chi connectivity index (χ1) is 8.10. The third kappa shape index (κ3) is 6.81. The first-order valence-electron chi connectivity index (χ1n) is 6.52. The van der Waals surface area contributed by atoms with E-state index >= 15 is 0 Å². The summed E-state index contributed by atoms with van der Waals surface area (Å²) in [5.41, 5.74) is 4.58. The minimum Gasteiger partial charge on any atom is -0.409 e. The molecule has 5 N–H and O–H groups in total. The zero-order valence-corrected chi connectivity index (χ0v) is 12.3. The second-order valence-corrected chi connectivity index (χ2v) is 6.39. The molecule has 0 aliphatic carbocycles. The van der Waals surface area contributed by atoms with Gasteiger partial charge in [0.1, 0.15) is 5.84 Å². The Kier molecular flexibility index (Phi) is 6.63. The van der Waals surface area contributed by atoms with Crippen molar-refractivity contribution in [3.05, 3.63) is 0 Å². The van der Waals surface area contributed by atoms with Gasteiger partial charge in [-0.3, -0.25) is 0 Å². The Labute approximate surface area is 110 Å². The summed E-state index contributed by atoms with van der Waals surface area (Å²) in [6.45, 7) is 11.2. The molecule has 0 fully saturated rings. The number of aliphatic hydroxyl groups is 1. The van der Waals surface area contributed by atoms with Crippen LogP contribution in [0.2, 0.25) is 0 Å². The number of nitrogens with one attached hydrogen (secondary N) is 1. The van der Waals surface area contributed by atoms with Crippen LogP contribution < -0.4 is 11.1 Å². The van der Waals surface area contributed by atoms with E-state index in [-0.39, 0.29) is 11.3 Å². The van der Waals surface area contributed by atoms with Gasteiger partial charge in [0, 0.05) is 12.0 Å². The summed E-state index contributed by atoms with van der Waals surface area (Å²) in [5, 5.41) is 25.0. The highest BCUT2D eigenvalue weighted by molar-refractivity contribution is 5.85. The number of nitrogens with zero attached hydrogens (tertiary/aromatic N) is 1. The first kappa shape index (κ1) is 17.2. The van der Waals surface area contributed by atoms with Crippen LogP contribution >= 0.6 is 0 Å². The standard InChI is InChI=1S/C13H29N3O2/c1-10(2)8-13(5,17)9-15-7-6-12(3,4)11(14)16-18/h10,15,17-18H,6-9H2,1-5H3,(H2,14,16). The lowest BCUT2D eigenvalue weighted by Gasteiger charge is -2.27. The van der Waals surface area contributed by atoms with Crippen molar-refractivity contribution >= 4 is 5.84 Å². The Morgan fingerprint density at radius 2 is 1.89 bits per heavy atom. The maximum Gasteiger partial charge on any atom is 0.144 e. The fourth-order valence-electron chi connectivity index (χ4n) is 1.97. The highest BCUT2D eigenvalue weighted by Crippen LogP contribution is 2.20. The van der Waals surface area contributed by atoms with E-state index in [0.29, 0.717) is 12.5 Å². The van der Waals surface area contributed by atoms with Crippen molar-refractivity contribution in [2.45, 2.75) is 53.1 Å². The summed E-state index contributed by atoms with van der Waals surface area (Å²) in [4.78, 5) is 0. The van der Waals surface area contributed by atoms with Gasteiger partial charge >= 0.3 is 0 Å². The highest BCUT2D eigenvalue weighted by Gasteiger charge is 2.24. The molecular formula is C13H29N3O2. The Morgan fingerprint density at radius 3 is 2.33 bits per heavy atom. The van der Waals surface area contributed by atoms with Gasteiger partial charge in [0.25, 0.3) is 0 Å². The molecule has 0 aliphatic heterocycles. The van der Waals surface area contributed by atoms with Crippen molar-refractivity contribution in [3.63, 3.8) is 0 Å². The molecule has 5 nitrogen and oxygen atoms in total. The summed E-state index contributed by atoms with van der Waals surface area (Å²) in [6, 6.07) is 0. The van der Waals surface area contributed by atoms with Crippen LogP contribution in [0.25, 0.3) is 0 Å². The van der Waals surface area contributed by atoms with Gasteiger partial charge in [-0.15, -0.1) is 0 Å². The van der Waals surface area contributed by atoms with Crippen LogP contribution in [0.3, 0.4) is 0 Å². The molecule has 0 aromatic rings. The maximum absolute atomic E-state index is 10.1. The van der Waals surface area contributed by atoms with Crippen LogP contribution in [-0.2, 0) is 0 Å². The summed E-state index contributed by atoms with van der Waals surface area (Å²) in [5.74, 6) is 0.702. The molecule has 1 unspecified atom stereocenters. The Balaban J connectivity index is 4.00. The van der Waals surface area contributed by atoms with E-state index < -0.39 is 5.60 Å². The minimum absolute atomic E-state index is 0.234. The molecule has 0 heterocycles. The smallest absolute Gasteiger partial charge is 0.144 e. The van der Waals surface area contributed by atoms with Crippen molar-refractivity contribution in [2.24, 2.45) is 22.2 Å². The molecule has 0 aliphatic rings. The van der Waals surface area contributed by atoms with Gasteiger partial charge in [-0.05, 0) is 32.2 Å². The largest absolute Gasteiger partial charge is 0.409 e. The number of nitrogens with two attached hydrogens (primary N) is 1.